The number of fused-ring (bicyclic) bond motifs is 3. The van der Waals surface area contributed by atoms with E-state index < -0.39 is 0 Å². The summed E-state index contributed by atoms with van der Waals surface area (Å²) in [5.41, 5.74) is 3.32. The summed E-state index contributed by atoms with van der Waals surface area (Å²) in [6.07, 6.45) is 6.26. The van der Waals surface area contributed by atoms with Gasteiger partial charge in [-0.1, -0.05) is 23.7 Å². The van der Waals surface area contributed by atoms with Gasteiger partial charge in [0.2, 0.25) is 0 Å². The van der Waals surface area contributed by atoms with E-state index in [0.29, 0.717) is 29.3 Å². The molecule has 2 aliphatic heterocycles. The van der Waals surface area contributed by atoms with Gasteiger partial charge in [-0.05, 0) is 74.4 Å². The average Bonchev–Trinajstić information content (AvgIpc) is 2.79. The molecule has 0 bridgehead atoms. The molecule has 168 valence electrons. The van der Waals surface area contributed by atoms with Crippen molar-refractivity contribution < 1.29 is 19.7 Å². The maximum atomic E-state index is 11.0. The highest BCUT2D eigenvalue weighted by Crippen LogP contribution is 2.45. The van der Waals surface area contributed by atoms with Gasteiger partial charge in [-0.15, -0.1) is 0 Å². The van der Waals surface area contributed by atoms with Crippen LogP contribution in [0.2, 0.25) is 5.02 Å². The van der Waals surface area contributed by atoms with Crippen LogP contribution < -0.4 is 9.47 Å². The molecule has 3 aromatic carbocycles. The van der Waals surface area contributed by atoms with Gasteiger partial charge >= 0.3 is 0 Å². The summed E-state index contributed by atoms with van der Waals surface area (Å²) in [6.45, 7) is 4.45. The van der Waals surface area contributed by atoms with Gasteiger partial charge in [-0.3, -0.25) is 4.99 Å². The number of halogens is 1. The number of nitrogens with zero attached hydrogens (tertiary/aromatic N) is 1. The van der Waals surface area contributed by atoms with Gasteiger partial charge < -0.3 is 19.7 Å². The molecule has 0 radical (unpaired) electrons. The lowest BCUT2D eigenvalue weighted by molar-refractivity contribution is 0.157. The van der Waals surface area contributed by atoms with Crippen LogP contribution in [0.1, 0.15) is 42.0 Å². The topological polar surface area (TPSA) is 71.3 Å². The van der Waals surface area contributed by atoms with Crippen molar-refractivity contribution in [3.05, 3.63) is 81.9 Å². The number of ether oxygens (including phenoxy) is 2. The molecule has 3 aromatic rings. The summed E-state index contributed by atoms with van der Waals surface area (Å²) >= 11 is 5.92. The molecule has 2 heterocycles. The predicted molar refractivity (Wildman–Crippen MR) is 131 cm³/mol. The van der Waals surface area contributed by atoms with E-state index in [0.717, 1.165) is 22.6 Å². The van der Waals surface area contributed by atoms with E-state index in [1.54, 1.807) is 36.4 Å². The third-order valence-electron chi connectivity index (χ3n) is 5.99. The minimum absolute atomic E-state index is 0.00713. The van der Waals surface area contributed by atoms with Crippen LogP contribution in [0.5, 0.6) is 23.0 Å². The summed E-state index contributed by atoms with van der Waals surface area (Å²) in [6, 6.07) is 14.3. The number of hydrogen-bond donors (Lipinski definition) is 2. The molecule has 0 spiro atoms. The van der Waals surface area contributed by atoms with Crippen molar-refractivity contribution >= 4 is 29.6 Å². The van der Waals surface area contributed by atoms with Crippen LogP contribution in [0, 0.1) is 0 Å². The molecular weight excluding hydrogens is 438 g/mol. The smallest absolute Gasteiger partial charge is 0.133 e. The molecule has 1 atom stereocenters. The van der Waals surface area contributed by atoms with Crippen LogP contribution in [0.15, 0.2) is 59.6 Å². The van der Waals surface area contributed by atoms with Gasteiger partial charge in [0.05, 0.1) is 23.4 Å². The molecule has 33 heavy (non-hydrogen) atoms. The van der Waals surface area contributed by atoms with E-state index in [2.05, 4.69) is 11.1 Å². The molecule has 5 nitrogen and oxygen atoms in total. The minimum Gasteiger partial charge on any atom is -0.507 e. The average molecular weight is 462 g/mol. The van der Waals surface area contributed by atoms with Crippen molar-refractivity contribution in [3.63, 3.8) is 0 Å². The Hall–Kier alpha value is -3.44. The largest absolute Gasteiger partial charge is 0.507 e. The van der Waals surface area contributed by atoms with Crippen molar-refractivity contribution in [2.75, 3.05) is 6.61 Å². The number of aromatic hydroxyl groups is 2. The molecule has 2 N–H and O–H groups in total. The Morgan fingerprint density at radius 1 is 1.06 bits per heavy atom. The van der Waals surface area contributed by atoms with E-state index in [9.17, 15) is 10.2 Å². The van der Waals surface area contributed by atoms with Crippen LogP contribution in [0.3, 0.4) is 0 Å². The fourth-order valence-electron chi connectivity index (χ4n) is 4.25. The summed E-state index contributed by atoms with van der Waals surface area (Å²) in [4.78, 5) is 4.36. The number of phenols is 2. The first-order valence-electron chi connectivity index (χ1n) is 10.8. The lowest BCUT2D eigenvalue weighted by Crippen LogP contribution is -2.28. The highest BCUT2D eigenvalue weighted by Gasteiger charge is 2.30. The van der Waals surface area contributed by atoms with Crippen molar-refractivity contribution in [1.82, 2.24) is 0 Å². The summed E-state index contributed by atoms with van der Waals surface area (Å²) in [5, 5.41) is 21.9. The fourth-order valence-corrected chi connectivity index (χ4v) is 4.38. The summed E-state index contributed by atoms with van der Waals surface area (Å²) in [5.74, 6) is 1.55. The summed E-state index contributed by atoms with van der Waals surface area (Å²) < 4.78 is 12.2. The van der Waals surface area contributed by atoms with Gasteiger partial charge in [-0.25, -0.2) is 0 Å². The Balaban J connectivity index is 1.43. The third kappa shape index (κ3) is 4.16. The van der Waals surface area contributed by atoms with Crippen LogP contribution >= 0.6 is 11.6 Å². The van der Waals surface area contributed by atoms with Crippen LogP contribution in [0.25, 0.3) is 6.08 Å². The molecule has 0 fully saturated rings. The quantitative estimate of drug-likeness (QED) is 0.442. The lowest BCUT2D eigenvalue weighted by atomic mass is 9.87. The Kier molecular flexibility index (Phi) is 5.29. The third-order valence-corrected chi connectivity index (χ3v) is 6.24. The van der Waals surface area contributed by atoms with Gasteiger partial charge in [-0.2, -0.15) is 0 Å². The maximum absolute atomic E-state index is 11.0. The van der Waals surface area contributed by atoms with Gasteiger partial charge in [0.1, 0.15) is 28.6 Å². The van der Waals surface area contributed by atoms with E-state index in [1.807, 2.05) is 32.1 Å². The maximum Gasteiger partial charge on any atom is 0.133 e. The normalized spacial score (nSPS) is 18.3. The lowest BCUT2D eigenvalue weighted by Gasteiger charge is -2.32. The molecule has 5 rings (SSSR count). The Labute approximate surface area is 197 Å². The van der Waals surface area contributed by atoms with E-state index in [4.69, 9.17) is 21.1 Å². The molecule has 0 saturated carbocycles. The fraction of sp³-hybridized carbons (Fsp3) is 0.222. The zero-order chi connectivity index (χ0) is 23.2. The Bertz CT molecular complexity index is 1280. The van der Waals surface area contributed by atoms with Crippen LogP contribution in [-0.2, 0) is 6.42 Å². The second-order valence-electron chi connectivity index (χ2n) is 8.89. The van der Waals surface area contributed by atoms with Crippen molar-refractivity contribution in [2.24, 2.45) is 4.99 Å². The Morgan fingerprint density at radius 3 is 2.64 bits per heavy atom. The zero-order valence-electron chi connectivity index (χ0n) is 18.4. The molecule has 0 aromatic heterocycles. The first kappa shape index (κ1) is 21.4. The number of hydrogen-bond acceptors (Lipinski definition) is 5. The highest BCUT2D eigenvalue weighted by atomic mass is 35.5. The monoisotopic (exact) mass is 461 g/mol. The second kappa shape index (κ2) is 8.16. The zero-order valence-corrected chi connectivity index (χ0v) is 19.1. The summed E-state index contributed by atoms with van der Waals surface area (Å²) in [7, 11) is 0. The predicted octanol–water partition coefficient (Wildman–Crippen LogP) is 6.40. The standard InChI is InChI=1S/C27H24ClNO4/c1-27(2)12-11-21-24(33-27)10-3-16-13-17(15-32-26(16)21)20-8-9-23(30)22(25(20)31)14-29-19-6-4-18(28)5-7-19/h3-12,14,17,30-31H,13,15H2,1-2H3. The first-order valence-corrected chi connectivity index (χ1v) is 11.2. The first-order chi connectivity index (χ1) is 15.8. The SMILES string of the molecule is CC1(C)C=Cc2c(ccc3c2OCC(c2ccc(O)c(C=Nc4ccc(Cl)cc4)c2O)C3)O1. The Morgan fingerprint density at radius 2 is 1.85 bits per heavy atom. The van der Waals surface area contributed by atoms with Gasteiger partial charge in [0.25, 0.3) is 0 Å². The highest BCUT2D eigenvalue weighted by molar-refractivity contribution is 6.30. The molecule has 0 amide bonds. The van der Waals surface area contributed by atoms with Crippen molar-refractivity contribution in [2.45, 2.75) is 31.8 Å². The van der Waals surface area contributed by atoms with Crippen LogP contribution in [0.4, 0.5) is 5.69 Å². The molecule has 0 aliphatic carbocycles. The number of benzene rings is 3. The number of aliphatic imine (C=N–C) groups is 1. The molecule has 6 heteroatoms. The van der Waals surface area contributed by atoms with E-state index >= 15 is 0 Å². The minimum atomic E-state index is -0.347. The number of rotatable bonds is 3. The van der Waals surface area contributed by atoms with Crippen molar-refractivity contribution in [3.8, 4) is 23.0 Å². The van der Waals surface area contributed by atoms with Gasteiger partial charge in [0, 0.05) is 22.7 Å². The molecule has 1 unspecified atom stereocenters. The van der Waals surface area contributed by atoms with E-state index in [1.165, 1.54) is 6.21 Å². The second-order valence-corrected chi connectivity index (χ2v) is 9.32. The number of phenolic OH excluding ortho intramolecular Hbond substituents is 2. The van der Waals surface area contributed by atoms with Crippen molar-refractivity contribution in [1.29, 1.82) is 0 Å². The molecule has 2 aliphatic rings. The van der Waals surface area contributed by atoms with Gasteiger partial charge in [0.15, 0.2) is 0 Å². The van der Waals surface area contributed by atoms with E-state index in [-0.39, 0.29) is 28.6 Å². The molecule has 0 saturated heterocycles. The molecular formula is C27H24ClNO4. The van der Waals surface area contributed by atoms with Crippen LogP contribution in [-0.4, -0.2) is 28.6 Å².